The number of carbonyl (C=O) groups is 1. The van der Waals surface area contributed by atoms with Gasteiger partial charge in [0.2, 0.25) is 0 Å². The number of hydrogen-bond acceptors (Lipinski definition) is 9. The van der Waals surface area contributed by atoms with Crippen LogP contribution in [0, 0.1) is 13.8 Å². The molecule has 0 bridgehead atoms. The molecule has 0 aliphatic heterocycles. The Bertz CT molecular complexity index is 951. The number of nitrogen functional groups attached to an aromatic ring is 4. The van der Waals surface area contributed by atoms with Gasteiger partial charge in [0, 0.05) is 59.8 Å². The van der Waals surface area contributed by atoms with Crippen molar-refractivity contribution >= 4 is 41.2 Å². The first-order chi connectivity index (χ1) is 16.1. The number of nitrogens with two attached hydrogens (primary N) is 5. The van der Waals surface area contributed by atoms with Gasteiger partial charge in [0.1, 0.15) is 5.60 Å². The van der Waals surface area contributed by atoms with E-state index >= 15 is 0 Å². The number of aliphatic hydroxyl groups is 2. The summed E-state index contributed by atoms with van der Waals surface area (Å²) in [5.74, 6) is 0. The molecule has 0 aliphatic carbocycles. The minimum absolute atomic E-state index is 0. The molecule has 0 spiro atoms. The Balaban J connectivity index is 0.000000713. The van der Waals surface area contributed by atoms with Crippen molar-refractivity contribution in [1.82, 2.24) is 5.32 Å². The highest BCUT2D eigenvalue weighted by Gasteiger charge is 2.18. The summed E-state index contributed by atoms with van der Waals surface area (Å²) in [6.45, 7) is 9.44. The molecule has 0 saturated heterocycles. The van der Waals surface area contributed by atoms with Crippen LogP contribution in [0.15, 0.2) is 24.3 Å². The average Bonchev–Trinajstić information content (AvgIpc) is 2.70. The second-order valence-corrected chi connectivity index (χ2v) is 9.68. The number of carbonyl (C=O) groups excluding carboxylic acids is 1. The molecule has 13 N–H and O–H groups in total. The molecular weight excluding hydrogens is 484 g/mol. The molecule has 0 heterocycles. The van der Waals surface area contributed by atoms with Crippen LogP contribution in [0.4, 0.5) is 27.5 Å². The number of aliphatic hydroxyl groups excluding tert-OH is 2. The maximum Gasteiger partial charge on any atom is 0.407 e. The highest BCUT2D eigenvalue weighted by Crippen LogP contribution is 2.24. The second-order valence-electron chi connectivity index (χ2n) is 9.68. The quantitative estimate of drug-likeness (QED) is 0.248. The van der Waals surface area contributed by atoms with Gasteiger partial charge in [0.05, 0.1) is 12.2 Å². The number of hydrogen-bond donors (Lipinski definition) is 8. The van der Waals surface area contributed by atoms with E-state index in [2.05, 4.69) is 5.32 Å². The van der Waals surface area contributed by atoms with Gasteiger partial charge in [-0.1, -0.05) is 0 Å². The number of benzene rings is 2. The number of halogens is 1. The maximum atomic E-state index is 11.5. The van der Waals surface area contributed by atoms with Crippen molar-refractivity contribution in [3.8, 4) is 0 Å². The average molecular weight is 527 g/mol. The van der Waals surface area contributed by atoms with Gasteiger partial charge in [0.15, 0.2) is 0 Å². The van der Waals surface area contributed by atoms with Gasteiger partial charge in [-0.3, -0.25) is 0 Å². The molecule has 2 unspecified atom stereocenters. The third kappa shape index (κ3) is 11.7. The summed E-state index contributed by atoms with van der Waals surface area (Å²) in [5.41, 5.74) is 33.9. The lowest BCUT2D eigenvalue weighted by Crippen LogP contribution is -2.37. The fraction of sp³-hybridized carbons (Fsp3) is 0.480. The fourth-order valence-corrected chi connectivity index (χ4v) is 3.36. The van der Waals surface area contributed by atoms with E-state index in [4.69, 9.17) is 33.4 Å². The highest BCUT2D eigenvalue weighted by molar-refractivity contribution is 5.85. The normalized spacial score (nSPS) is 12.4. The zero-order valence-electron chi connectivity index (χ0n) is 21.8. The predicted octanol–water partition coefficient (Wildman–Crippen LogP) is 2.03. The molecule has 11 heteroatoms. The second kappa shape index (κ2) is 14.6. The van der Waals surface area contributed by atoms with Crippen LogP contribution in [0.2, 0.25) is 0 Å². The molecule has 2 aromatic carbocycles. The van der Waals surface area contributed by atoms with Crippen molar-refractivity contribution in [2.45, 2.75) is 65.3 Å². The first-order valence-corrected chi connectivity index (χ1v) is 11.4. The molecule has 2 rings (SSSR count). The summed E-state index contributed by atoms with van der Waals surface area (Å²) < 4.78 is 5.09. The molecule has 0 aliphatic rings. The molecule has 0 fully saturated rings. The standard InChI is InChI=1S/C15H25N3O3.C10H17N3O.ClH/c1-9-5-12(16)11(13(17)6-9)7-10(19)8-18-14(20)21-15(2,3)4;1-6-2-9(12)8(10(13)3-6)4-7(14)5-11;/h5-6,10,19H,7-8,16-17H2,1-4H3,(H,18,20);2-3,7,14H,4-5,11-13H2,1H3;1H. The Morgan fingerprint density at radius 2 is 1.22 bits per heavy atom. The van der Waals surface area contributed by atoms with Gasteiger partial charge in [-0.25, -0.2) is 4.79 Å². The first kappa shape index (κ1) is 33.1. The summed E-state index contributed by atoms with van der Waals surface area (Å²) in [6, 6.07) is 7.29. The Kier molecular flexibility index (Phi) is 13.4. The lowest BCUT2D eigenvalue weighted by Gasteiger charge is -2.21. The molecule has 204 valence electrons. The molecule has 0 aromatic heterocycles. The van der Waals surface area contributed by atoms with Gasteiger partial charge < -0.3 is 48.9 Å². The van der Waals surface area contributed by atoms with E-state index in [1.165, 1.54) is 0 Å². The van der Waals surface area contributed by atoms with E-state index in [9.17, 15) is 15.0 Å². The lowest BCUT2D eigenvalue weighted by atomic mass is 10.0. The number of amides is 1. The van der Waals surface area contributed by atoms with Crippen LogP contribution in [0.25, 0.3) is 0 Å². The van der Waals surface area contributed by atoms with Gasteiger partial charge in [-0.2, -0.15) is 0 Å². The third-order valence-electron chi connectivity index (χ3n) is 4.96. The van der Waals surface area contributed by atoms with E-state index in [1.807, 2.05) is 26.0 Å². The zero-order chi connectivity index (χ0) is 26.9. The Hall–Kier alpha value is -2.92. The number of ether oxygens (including phenoxy) is 1. The smallest absolute Gasteiger partial charge is 0.407 e. The predicted molar refractivity (Wildman–Crippen MR) is 150 cm³/mol. The van der Waals surface area contributed by atoms with Crippen molar-refractivity contribution in [1.29, 1.82) is 0 Å². The fourth-order valence-electron chi connectivity index (χ4n) is 3.36. The van der Waals surface area contributed by atoms with Crippen molar-refractivity contribution in [2.24, 2.45) is 5.73 Å². The summed E-state index contributed by atoms with van der Waals surface area (Å²) in [4.78, 5) is 11.5. The van der Waals surface area contributed by atoms with Gasteiger partial charge >= 0.3 is 6.09 Å². The summed E-state index contributed by atoms with van der Waals surface area (Å²) in [6.07, 6.45) is -1.25. The molecule has 36 heavy (non-hydrogen) atoms. The van der Waals surface area contributed by atoms with E-state index in [0.717, 1.165) is 16.7 Å². The van der Waals surface area contributed by atoms with E-state index < -0.39 is 23.9 Å². The number of nitrogens with one attached hydrogen (secondary N) is 1. The minimum atomic E-state index is -0.787. The zero-order valence-corrected chi connectivity index (χ0v) is 22.6. The van der Waals surface area contributed by atoms with E-state index in [1.54, 1.807) is 32.9 Å². The number of alkyl carbamates (subject to hydrolysis) is 1. The van der Waals surface area contributed by atoms with Crippen molar-refractivity contribution in [3.05, 3.63) is 46.5 Å². The summed E-state index contributed by atoms with van der Waals surface area (Å²) >= 11 is 0. The van der Waals surface area contributed by atoms with Crippen LogP contribution >= 0.6 is 12.4 Å². The van der Waals surface area contributed by atoms with Crippen LogP contribution in [0.3, 0.4) is 0 Å². The molecule has 0 radical (unpaired) electrons. The van der Waals surface area contributed by atoms with Gasteiger partial charge in [-0.15, -0.1) is 12.4 Å². The Morgan fingerprint density at radius 3 is 1.56 bits per heavy atom. The number of anilines is 4. The topological polar surface area (TPSA) is 209 Å². The summed E-state index contributed by atoms with van der Waals surface area (Å²) in [7, 11) is 0. The number of aryl methyl sites for hydroxylation is 2. The molecule has 1 amide bonds. The van der Waals surface area contributed by atoms with Crippen molar-refractivity contribution in [3.63, 3.8) is 0 Å². The van der Waals surface area contributed by atoms with Crippen LogP contribution < -0.4 is 34.0 Å². The maximum absolute atomic E-state index is 11.5. The molecule has 10 nitrogen and oxygen atoms in total. The monoisotopic (exact) mass is 526 g/mol. The molecule has 2 atom stereocenters. The van der Waals surface area contributed by atoms with Crippen LogP contribution in [0.5, 0.6) is 0 Å². The highest BCUT2D eigenvalue weighted by atomic mass is 35.5. The van der Waals surface area contributed by atoms with E-state index in [-0.39, 0.29) is 31.9 Å². The minimum Gasteiger partial charge on any atom is -0.444 e. The largest absolute Gasteiger partial charge is 0.444 e. The van der Waals surface area contributed by atoms with Crippen molar-refractivity contribution in [2.75, 3.05) is 36.0 Å². The molecular formula is C25H43ClN6O4. The van der Waals surface area contributed by atoms with Crippen LogP contribution in [0.1, 0.15) is 43.0 Å². The number of rotatable bonds is 7. The Morgan fingerprint density at radius 1 is 0.861 bits per heavy atom. The SMILES string of the molecule is Cc1cc(N)c(CC(O)CN)c(N)c1.Cc1cc(N)c(CC(O)CNC(=O)OC(C)(C)C)c(N)c1.Cl. The van der Waals surface area contributed by atoms with Crippen LogP contribution in [-0.2, 0) is 17.6 Å². The van der Waals surface area contributed by atoms with Crippen molar-refractivity contribution < 1.29 is 19.7 Å². The van der Waals surface area contributed by atoms with Gasteiger partial charge in [0.25, 0.3) is 0 Å². The summed E-state index contributed by atoms with van der Waals surface area (Å²) in [5, 5.41) is 21.9. The molecule has 2 aromatic rings. The van der Waals surface area contributed by atoms with Gasteiger partial charge in [-0.05, 0) is 70.0 Å². The van der Waals surface area contributed by atoms with Crippen LogP contribution in [-0.4, -0.2) is 47.2 Å². The Labute approximate surface area is 220 Å². The first-order valence-electron chi connectivity index (χ1n) is 11.4. The lowest BCUT2D eigenvalue weighted by molar-refractivity contribution is 0.0492. The van der Waals surface area contributed by atoms with E-state index in [0.29, 0.717) is 34.7 Å². The molecule has 0 saturated carbocycles. The third-order valence-corrected chi connectivity index (χ3v) is 4.96.